The number of carbonyl (C=O) groups excluding carboxylic acids is 1. The quantitative estimate of drug-likeness (QED) is 0.688. The maximum absolute atomic E-state index is 12.0. The molecule has 2 rings (SSSR count). The fraction of sp³-hybridized carbons (Fsp3) is 0.0769. The number of nitro benzene ring substituents is 1. The molecule has 0 bridgehead atoms. The lowest BCUT2D eigenvalue weighted by molar-refractivity contribution is -0.385. The monoisotopic (exact) mass is 335 g/mol. The van der Waals surface area contributed by atoms with E-state index < -0.39 is 10.8 Å². The lowest BCUT2D eigenvalue weighted by Gasteiger charge is -2.05. The molecule has 0 saturated heterocycles. The Labute approximate surface area is 123 Å². The zero-order valence-corrected chi connectivity index (χ0v) is 12.0. The Morgan fingerprint density at radius 2 is 2.10 bits per heavy atom. The predicted octanol–water partition coefficient (Wildman–Crippen LogP) is 3.31. The van der Waals surface area contributed by atoms with Crippen LogP contribution in [0.2, 0.25) is 0 Å². The average molecular weight is 336 g/mol. The molecule has 0 unspecified atom stereocenters. The number of nitrogens with zero attached hydrogens (tertiary/aromatic N) is 2. The summed E-state index contributed by atoms with van der Waals surface area (Å²) in [5.41, 5.74) is 0.808. The highest BCUT2D eigenvalue weighted by Crippen LogP contribution is 2.25. The van der Waals surface area contributed by atoms with Crippen molar-refractivity contribution < 1.29 is 9.72 Å². The number of hydrogen-bond acceptors (Lipinski definition) is 4. The predicted molar refractivity (Wildman–Crippen MR) is 77.7 cm³/mol. The Balaban J connectivity index is 2.26. The molecule has 0 aliphatic heterocycles. The van der Waals surface area contributed by atoms with Gasteiger partial charge in [0.05, 0.1) is 9.40 Å². The van der Waals surface area contributed by atoms with E-state index in [9.17, 15) is 14.9 Å². The van der Waals surface area contributed by atoms with Gasteiger partial charge >= 0.3 is 0 Å². The summed E-state index contributed by atoms with van der Waals surface area (Å²) in [7, 11) is 0. The first-order valence-corrected chi connectivity index (χ1v) is 6.45. The molecule has 6 nitrogen and oxygen atoms in total. The highest BCUT2D eigenvalue weighted by molar-refractivity contribution is 9.10. The third-order valence-electron chi connectivity index (χ3n) is 2.53. The highest BCUT2D eigenvalue weighted by Gasteiger charge is 2.16. The minimum absolute atomic E-state index is 0.158. The van der Waals surface area contributed by atoms with E-state index in [0.29, 0.717) is 10.3 Å². The van der Waals surface area contributed by atoms with Gasteiger partial charge in [-0.05, 0) is 47.1 Å². The van der Waals surface area contributed by atoms with Gasteiger partial charge in [0.15, 0.2) is 0 Å². The van der Waals surface area contributed by atoms with Crippen molar-refractivity contribution in [3.8, 4) is 0 Å². The first-order valence-electron chi connectivity index (χ1n) is 5.66. The summed E-state index contributed by atoms with van der Waals surface area (Å²) in [5, 5.41) is 13.4. The Bertz CT molecular complexity index is 688. The second kappa shape index (κ2) is 5.79. The van der Waals surface area contributed by atoms with Gasteiger partial charge in [0.25, 0.3) is 11.6 Å². The largest absolute Gasteiger partial charge is 0.307 e. The molecule has 1 amide bonds. The summed E-state index contributed by atoms with van der Waals surface area (Å²) in [6.45, 7) is 1.81. The van der Waals surface area contributed by atoms with Gasteiger partial charge in [0.1, 0.15) is 5.82 Å². The van der Waals surface area contributed by atoms with E-state index in [1.807, 2.05) is 0 Å². The summed E-state index contributed by atoms with van der Waals surface area (Å²) in [6, 6.07) is 9.41. The number of hydrogen-bond donors (Lipinski definition) is 1. The van der Waals surface area contributed by atoms with Crippen LogP contribution in [0.4, 0.5) is 11.5 Å². The molecule has 7 heteroatoms. The Morgan fingerprint density at radius 3 is 2.75 bits per heavy atom. The maximum atomic E-state index is 12.0. The molecule has 0 atom stereocenters. The van der Waals surface area contributed by atoms with E-state index in [-0.39, 0.29) is 11.3 Å². The van der Waals surface area contributed by atoms with Gasteiger partial charge in [0, 0.05) is 17.3 Å². The molecule has 1 heterocycles. The molecule has 0 radical (unpaired) electrons. The van der Waals surface area contributed by atoms with Crippen molar-refractivity contribution in [2.75, 3.05) is 5.32 Å². The molecular weight excluding hydrogens is 326 g/mol. The summed E-state index contributed by atoms with van der Waals surface area (Å²) in [5.74, 6) is -0.0423. The smallest absolute Gasteiger partial charge is 0.284 e. The second-order valence-corrected chi connectivity index (χ2v) is 4.90. The van der Waals surface area contributed by atoms with Crippen LogP contribution in [0.5, 0.6) is 0 Å². The Kier molecular flexibility index (Phi) is 4.09. The van der Waals surface area contributed by atoms with Crippen LogP contribution in [0.25, 0.3) is 0 Å². The van der Waals surface area contributed by atoms with Crippen LogP contribution in [0.1, 0.15) is 16.1 Å². The highest BCUT2D eigenvalue weighted by atomic mass is 79.9. The average Bonchev–Trinajstić information content (AvgIpc) is 2.38. The Morgan fingerprint density at radius 1 is 1.35 bits per heavy atom. The van der Waals surface area contributed by atoms with Gasteiger partial charge in [-0.1, -0.05) is 6.07 Å². The van der Waals surface area contributed by atoms with Crippen LogP contribution >= 0.6 is 15.9 Å². The van der Waals surface area contributed by atoms with Gasteiger partial charge < -0.3 is 5.32 Å². The third-order valence-corrected chi connectivity index (χ3v) is 3.21. The van der Waals surface area contributed by atoms with Crippen LogP contribution < -0.4 is 5.32 Å². The number of carbonyl (C=O) groups is 1. The van der Waals surface area contributed by atoms with Gasteiger partial charge in [-0.25, -0.2) is 4.98 Å². The van der Waals surface area contributed by atoms with Crippen LogP contribution in [-0.2, 0) is 0 Å². The zero-order valence-electron chi connectivity index (χ0n) is 10.5. The van der Waals surface area contributed by atoms with Crippen molar-refractivity contribution in [3.05, 3.63) is 62.2 Å². The number of amides is 1. The molecule has 1 aromatic carbocycles. The number of benzene rings is 1. The van der Waals surface area contributed by atoms with Crippen LogP contribution in [0.15, 0.2) is 40.9 Å². The maximum Gasteiger partial charge on any atom is 0.284 e. The van der Waals surface area contributed by atoms with E-state index in [2.05, 4.69) is 26.2 Å². The number of aryl methyl sites for hydroxylation is 1. The minimum atomic E-state index is -0.550. The summed E-state index contributed by atoms with van der Waals surface area (Å²) < 4.78 is 0.327. The molecule has 1 N–H and O–H groups in total. The van der Waals surface area contributed by atoms with Crippen molar-refractivity contribution in [2.24, 2.45) is 0 Å². The number of anilines is 1. The summed E-state index contributed by atoms with van der Waals surface area (Å²) in [6.07, 6.45) is 0. The zero-order chi connectivity index (χ0) is 14.7. The SMILES string of the molecule is Cc1cccc(NC(=O)c2ccc(Br)c([N+](=O)[O-])c2)n1. The van der Waals surface area contributed by atoms with Gasteiger partial charge in [-0.2, -0.15) is 0 Å². The van der Waals surface area contributed by atoms with E-state index >= 15 is 0 Å². The molecular formula is C13H10BrN3O3. The van der Waals surface area contributed by atoms with E-state index in [4.69, 9.17) is 0 Å². The lowest BCUT2D eigenvalue weighted by atomic mass is 10.2. The van der Waals surface area contributed by atoms with E-state index in [1.165, 1.54) is 18.2 Å². The number of nitrogens with one attached hydrogen (secondary N) is 1. The molecule has 2 aromatic rings. The molecule has 0 saturated carbocycles. The number of pyridine rings is 1. The van der Waals surface area contributed by atoms with Crippen LogP contribution in [-0.4, -0.2) is 15.8 Å². The lowest BCUT2D eigenvalue weighted by Crippen LogP contribution is -2.13. The van der Waals surface area contributed by atoms with Crippen molar-refractivity contribution in [3.63, 3.8) is 0 Å². The van der Waals surface area contributed by atoms with Crippen molar-refractivity contribution in [1.29, 1.82) is 0 Å². The molecule has 20 heavy (non-hydrogen) atoms. The molecule has 0 fully saturated rings. The normalized spacial score (nSPS) is 10.1. The number of nitro groups is 1. The molecule has 0 aliphatic rings. The minimum Gasteiger partial charge on any atom is -0.307 e. The van der Waals surface area contributed by atoms with E-state index in [0.717, 1.165) is 5.69 Å². The topological polar surface area (TPSA) is 85.1 Å². The van der Waals surface area contributed by atoms with Gasteiger partial charge in [-0.3, -0.25) is 14.9 Å². The number of halogens is 1. The van der Waals surface area contributed by atoms with Crippen LogP contribution in [0, 0.1) is 17.0 Å². The molecule has 0 spiro atoms. The Hall–Kier alpha value is -2.28. The summed E-state index contributed by atoms with van der Waals surface area (Å²) in [4.78, 5) is 26.4. The fourth-order valence-corrected chi connectivity index (χ4v) is 1.99. The van der Waals surface area contributed by atoms with Gasteiger partial charge in [0.2, 0.25) is 0 Å². The van der Waals surface area contributed by atoms with Gasteiger partial charge in [-0.15, -0.1) is 0 Å². The van der Waals surface area contributed by atoms with Crippen LogP contribution in [0.3, 0.4) is 0 Å². The molecule has 1 aromatic heterocycles. The van der Waals surface area contributed by atoms with Crippen molar-refractivity contribution >= 4 is 33.3 Å². The number of rotatable bonds is 3. The molecule has 102 valence electrons. The number of aromatic nitrogens is 1. The summed E-state index contributed by atoms with van der Waals surface area (Å²) >= 11 is 3.07. The fourth-order valence-electron chi connectivity index (χ4n) is 1.59. The van der Waals surface area contributed by atoms with Crippen molar-refractivity contribution in [1.82, 2.24) is 4.98 Å². The second-order valence-electron chi connectivity index (χ2n) is 4.04. The van der Waals surface area contributed by atoms with Crippen molar-refractivity contribution in [2.45, 2.75) is 6.92 Å². The molecule has 0 aliphatic carbocycles. The first-order chi connectivity index (χ1) is 9.47. The first kappa shape index (κ1) is 14.1. The third kappa shape index (κ3) is 3.18. The van der Waals surface area contributed by atoms with E-state index in [1.54, 1.807) is 25.1 Å². The standard InChI is InChI=1S/C13H10BrN3O3/c1-8-3-2-4-12(15-8)16-13(18)9-5-6-10(14)11(7-9)17(19)20/h2-7H,1H3,(H,15,16,18).